The lowest BCUT2D eigenvalue weighted by Crippen LogP contribution is -2.23. The van der Waals surface area contributed by atoms with E-state index in [9.17, 15) is 22.7 Å². The van der Waals surface area contributed by atoms with Crippen LogP contribution in [0.15, 0.2) is 108 Å². The van der Waals surface area contributed by atoms with Crippen LogP contribution in [-0.4, -0.2) is 52.4 Å². The van der Waals surface area contributed by atoms with E-state index >= 15 is 0 Å². The summed E-state index contributed by atoms with van der Waals surface area (Å²) in [5.41, 5.74) is 2.98. The highest BCUT2D eigenvalue weighted by Gasteiger charge is 2.17. The Morgan fingerprint density at radius 1 is 0.952 bits per heavy atom. The fourth-order valence-electron chi connectivity index (χ4n) is 4.12. The Kier molecular flexibility index (Phi) is 8.77. The lowest BCUT2D eigenvalue weighted by Gasteiger charge is -2.12. The molecule has 2 heterocycles. The summed E-state index contributed by atoms with van der Waals surface area (Å²) >= 11 is 0. The molecule has 42 heavy (non-hydrogen) atoms. The average molecular weight is 587 g/mol. The first-order chi connectivity index (χ1) is 20.3. The molecular formula is C30H27FN6O4S. The lowest BCUT2D eigenvalue weighted by molar-refractivity contribution is 0.103. The first-order valence-corrected chi connectivity index (χ1v) is 14.5. The van der Waals surface area contributed by atoms with Crippen LogP contribution in [0.3, 0.4) is 0 Å². The molecule has 5 aromatic rings. The van der Waals surface area contributed by atoms with E-state index in [4.69, 9.17) is 0 Å². The molecule has 0 unspecified atom stereocenters. The van der Waals surface area contributed by atoms with Gasteiger partial charge in [0, 0.05) is 35.8 Å². The molecule has 5 rings (SSSR count). The molecular weight excluding hydrogens is 559 g/mol. The quantitative estimate of drug-likeness (QED) is 0.149. The van der Waals surface area contributed by atoms with Crippen molar-refractivity contribution in [2.24, 2.45) is 0 Å². The maximum atomic E-state index is 13.1. The Balaban J connectivity index is 1.14. The van der Waals surface area contributed by atoms with Crippen LogP contribution in [0.4, 0.5) is 10.1 Å². The standard InChI is InChI=1S/C30H27FN6O4S/c31-24-7-5-22(6-8-24)30(39)28-19-34-37(35-28)26-11-13-27(14-12-26)42(40,41)36-25-9-3-21(4-10-25)15-17-33-20-29(38)23-2-1-16-32-18-23/h1-14,16,18-19,29,33,36,38H,15,17,20H2/t29-/m0/s1. The molecule has 0 aliphatic carbocycles. The molecule has 0 amide bonds. The second-order valence-electron chi connectivity index (χ2n) is 9.41. The van der Waals surface area contributed by atoms with E-state index in [1.807, 2.05) is 18.2 Å². The fourth-order valence-corrected chi connectivity index (χ4v) is 5.17. The number of aliphatic hydroxyl groups is 1. The zero-order valence-corrected chi connectivity index (χ0v) is 23.1. The summed E-state index contributed by atoms with van der Waals surface area (Å²) in [6.45, 7) is 1.04. The lowest BCUT2D eigenvalue weighted by atomic mass is 10.1. The van der Waals surface area contributed by atoms with Crippen molar-refractivity contribution in [3.8, 4) is 5.69 Å². The molecule has 0 aliphatic rings. The molecule has 3 aromatic carbocycles. The SMILES string of the molecule is O=C(c1ccc(F)cc1)c1cnn(-c2ccc(S(=O)(=O)Nc3ccc(CCNC[C@H](O)c4cccnc4)cc3)cc2)n1. The molecule has 0 aliphatic heterocycles. The summed E-state index contributed by atoms with van der Waals surface area (Å²) in [5, 5.41) is 21.7. The third-order valence-electron chi connectivity index (χ3n) is 6.41. The number of pyridine rings is 1. The van der Waals surface area contributed by atoms with Crippen molar-refractivity contribution in [3.05, 3.63) is 132 Å². The number of hydrogen-bond acceptors (Lipinski definition) is 8. The molecule has 12 heteroatoms. The second-order valence-corrected chi connectivity index (χ2v) is 11.1. The Morgan fingerprint density at radius 2 is 1.69 bits per heavy atom. The predicted octanol–water partition coefficient (Wildman–Crippen LogP) is 3.70. The minimum atomic E-state index is -3.86. The Labute approximate surface area is 241 Å². The molecule has 0 fully saturated rings. The van der Waals surface area contributed by atoms with E-state index in [2.05, 4.69) is 25.2 Å². The van der Waals surface area contributed by atoms with Gasteiger partial charge in [0.1, 0.15) is 5.82 Å². The van der Waals surface area contributed by atoms with Crippen LogP contribution < -0.4 is 10.0 Å². The van der Waals surface area contributed by atoms with Crippen LogP contribution in [0.5, 0.6) is 0 Å². The molecule has 0 saturated heterocycles. The van der Waals surface area contributed by atoms with Crippen LogP contribution in [0.25, 0.3) is 5.69 Å². The summed E-state index contributed by atoms with van der Waals surface area (Å²) < 4.78 is 41.6. The largest absolute Gasteiger partial charge is 0.387 e. The van der Waals surface area contributed by atoms with Gasteiger partial charge in [-0.15, -0.1) is 5.10 Å². The second kappa shape index (κ2) is 12.8. The highest BCUT2D eigenvalue weighted by molar-refractivity contribution is 7.92. The maximum Gasteiger partial charge on any atom is 0.261 e. The molecule has 0 bridgehead atoms. The number of rotatable bonds is 12. The number of aromatic nitrogens is 4. The van der Waals surface area contributed by atoms with Crippen LogP contribution in [0.1, 0.15) is 33.3 Å². The van der Waals surface area contributed by atoms with E-state index in [-0.39, 0.29) is 16.2 Å². The van der Waals surface area contributed by atoms with Crippen molar-refractivity contribution >= 4 is 21.5 Å². The number of sulfonamides is 1. The van der Waals surface area contributed by atoms with Gasteiger partial charge in [-0.1, -0.05) is 18.2 Å². The predicted molar refractivity (Wildman–Crippen MR) is 154 cm³/mol. The number of aliphatic hydroxyl groups excluding tert-OH is 1. The van der Waals surface area contributed by atoms with Gasteiger partial charge in [0.15, 0.2) is 5.69 Å². The van der Waals surface area contributed by atoms with Crippen molar-refractivity contribution in [2.45, 2.75) is 17.4 Å². The highest BCUT2D eigenvalue weighted by atomic mass is 32.2. The van der Waals surface area contributed by atoms with Gasteiger partial charge in [-0.05, 0) is 85.3 Å². The van der Waals surface area contributed by atoms with Gasteiger partial charge in [-0.3, -0.25) is 14.5 Å². The van der Waals surface area contributed by atoms with Crippen molar-refractivity contribution < 1.29 is 22.7 Å². The summed E-state index contributed by atoms with van der Waals surface area (Å²) in [7, 11) is -3.86. The topological polar surface area (TPSA) is 139 Å². The highest BCUT2D eigenvalue weighted by Crippen LogP contribution is 2.19. The van der Waals surface area contributed by atoms with Gasteiger partial charge in [-0.2, -0.15) is 9.90 Å². The van der Waals surface area contributed by atoms with Crippen LogP contribution >= 0.6 is 0 Å². The first-order valence-electron chi connectivity index (χ1n) is 13.0. The molecule has 1 atom stereocenters. The number of halogens is 1. The van der Waals surface area contributed by atoms with E-state index in [0.29, 0.717) is 30.9 Å². The van der Waals surface area contributed by atoms with Crippen molar-refractivity contribution in [1.82, 2.24) is 25.3 Å². The van der Waals surface area contributed by atoms with Crippen molar-refractivity contribution in [1.29, 1.82) is 0 Å². The van der Waals surface area contributed by atoms with E-state index in [1.54, 1.807) is 30.6 Å². The molecule has 0 spiro atoms. The van der Waals surface area contributed by atoms with Crippen molar-refractivity contribution in [2.75, 3.05) is 17.8 Å². The molecule has 3 N–H and O–H groups in total. The van der Waals surface area contributed by atoms with Gasteiger partial charge in [0.2, 0.25) is 5.78 Å². The molecule has 0 saturated carbocycles. The normalized spacial score (nSPS) is 12.1. The number of nitrogens with zero attached hydrogens (tertiary/aromatic N) is 4. The van der Waals surface area contributed by atoms with Crippen molar-refractivity contribution in [3.63, 3.8) is 0 Å². The summed E-state index contributed by atoms with van der Waals surface area (Å²) in [5.74, 6) is -0.859. The monoisotopic (exact) mass is 586 g/mol. The van der Waals surface area contributed by atoms with Crippen LogP contribution in [0, 0.1) is 5.82 Å². The molecule has 10 nitrogen and oxygen atoms in total. The number of carbonyl (C=O) groups excluding carboxylic acids is 1. The zero-order valence-electron chi connectivity index (χ0n) is 22.3. The van der Waals surface area contributed by atoms with Gasteiger partial charge in [0.05, 0.1) is 22.9 Å². The van der Waals surface area contributed by atoms with Gasteiger partial charge >= 0.3 is 0 Å². The van der Waals surface area contributed by atoms with E-state index < -0.39 is 27.7 Å². The van der Waals surface area contributed by atoms with E-state index in [0.717, 1.165) is 11.1 Å². The summed E-state index contributed by atoms with van der Waals surface area (Å²) in [6, 6.07) is 21.7. The van der Waals surface area contributed by atoms with Gasteiger partial charge < -0.3 is 10.4 Å². The maximum absolute atomic E-state index is 13.1. The van der Waals surface area contributed by atoms with Gasteiger partial charge in [-0.25, -0.2) is 12.8 Å². The minimum absolute atomic E-state index is 0.0430. The Hall–Kier alpha value is -4.78. The average Bonchev–Trinajstić information content (AvgIpc) is 3.51. The molecule has 214 valence electrons. The van der Waals surface area contributed by atoms with E-state index in [1.165, 1.54) is 59.5 Å². The molecule has 2 aromatic heterocycles. The number of nitrogens with one attached hydrogen (secondary N) is 2. The Bertz CT molecular complexity index is 1740. The minimum Gasteiger partial charge on any atom is -0.387 e. The summed E-state index contributed by atoms with van der Waals surface area (Å²) in [4.78, 5) is 17.8. The Morgan fingerprint density at radius 3 is 2.38 bits per heavy atom. The number of ketones is 1. The fraction of sp³-hybridized carbons (Fsp3) is 0.133. The zero-order chi connectivity index (χ0) is 29.5. The molecule has 0 radical (unpaired) electrons. The van der Waals surface area contributed by atoms with Crippen LogP contribution in [0.2, 0.25) is 0 Å². The first kappa shape index (κ1) is 28.7. The number of anilines is 1. The third kappa shape index (κ3) is 7.10. The third-order valence-corrected chi connectivity index (χ3v) is 7.81. The van der Waals surface area contributed by atoms with Gasteiger partial charge in [0.25, 0.3) is 10.0 Å². The number of hydrogen-bond donors (Lipinski definition) is 3. The van der Waals surface area contributed by atoms with Crippen LogP contribution in [-0.2, 0) is 16.4 Å². The number of carbonyl (C=O) groups is 1. The summed E-state index contributed by atoms with van der Waals surface area (Å²) in [6.07, 6.45) is 4.64. The smallest absolute Gasteiger partial charge is 0.261 e. The number of benzene rings is 3.